The van der Waals surface area contributed by atoms with Gasteiger partial charge in [-0.3, -0.25) is 0 Å². The van der Waals surface area contributed by atoms with Crippen LogP contribution in [0.5, 0.6) is 0 Å². The van der Waals surface area contributed by atoms with Gasteiger partial charge in [0.05, 0.1) is 17.8 Å². The van der Waals surface area contributed by atoms with Gasteiger partial charge < -0.3 is 4.74 Å². The van der Waals surface area contributed by atoms with Gasteiger partial charge in [0, 0.05) is 22.7 Å². The molecule has 0 radical (unpaired) electrons. The lowest BCUT2D eigenvalue weighted by Gasteiger charge is -2.09. The van der Waals surface area contributed by atoms with Crippen LogP contribution in [0, 0.1) is 0 Å². The molecule has 0 amide bonds. The van der Waals surface area contributed by atoms with Crippen molar-refractivity contribution in [3.8, 4) is 0 Å². The van der Waals surface area contributed by atoms with Crippen molar-refractivity contribution in [2.75, 3.05) is 6.61 Å². The monoisotopic (exact) mass is 390 g/mol. The smallest absolute Gasteiger partial charge is 0.330 e. The van der Waals surface area contributed by atoms with E-state index >= 15 is 0 Å². The Morgan fingerprint density at radius 2 is 2.08 bits per heavy atom. The standard InChI is InChI=1S/C18H15ClN2O4S/c1-2-25-18(22)9-7-15-12-13-11-14(19)6-8-16(13)21(15)26(23,24)17-5-3-4-10-20-17/h3-12H,2H2,1H3/b9-7+. The predicted octanol–water partition coefficient (Wildman–Crippen LogP) is 3.50. The van der Waals surface area contributed by atoms with Crippen molar-refractivity contribution in [3.05, 3.63) is 65.5 Å². The lowest BCUT2D eigenvalue weighted by molar-refractivity contribution is -0.137. The average Bonchev–Trinajstić information content (AvgIpc) is 2.99. The number of fused-ring (bicyclic) bond motifs is 1. The summed E-state index contributed by atoms with van der Waals surface area (Å²) in [5.41, 5.74) is 0.726. The van der Waals surface area contributed by atoms with Crippen molar-refractivity contribution < 1.29 is 17.9 Å². The van der Waals surface area contributed by atoms with Crippen LogP contribution in [0.25, 0.3) is 17.0 Å². The minimum Gasteiger partial charge on any atom is -0.463 e. The zero-order valence-corrected chi connectivity index (χ0v) is 15.4. The van der Waals surface area contributed by atoms with E-state index in [1.165, 1.54) is 24.4 Å². The van der Waals surface area contributed by atoms with Crippen molar-refractivity contribution in [2.24, 2.45) is 0 Å². The number of ether oxygens (including phenoxy) is 1. The van der Waals surface area contributed by atoms with E-state index in [2.05, 4.69) is 4.98 Å². The molecule has 0 saturated carbocycles. The minimum absolute atomic E-state index is 0.0989. The first-order chi connectivity index (χ1) is 12.4. The van der Waals surface area contributed by atoms with E-state index in [9.17, 15) is 13.2 Å². The topological polar surface area (TPSA) is 78.3 Å². The molecule has 0 unspecified atom stereocenters. The molecular formula is C18H15ClN2O4S. The molecule has 2 aromatic heterocycles. The minimum atomic E-state index is -3.97. The summed E-state index contributed by atoms with van der Waals surface area (Å²) in [5, 5.41) is 1.00. The fraction of sp³-hybridized carbons (Fsp3) is 0.111. The van der Waals surface area contributed by atoms with Crippen LogP contribution < -0.4 is 0 Å². The van der Waals surface area contributed by atoms with Gasteiger partial charge in [-0.15, -0.1) is 0 Å². The van der Waals surface area contributed by atoms with Gasteiger partial charge in [0.1, 0.15) is 0 Å². The van der Waals surface area contributed by atoms with Crippen molar-refractivity contribution in [3.63, 3.8) is 0 Å². The number of rotatable bonds is 5. The lowest BCUT2D eigenvalue weighted by Crippen LogP contribution is -2.15. The summed E-state index contributed by atoms with van der Waals surface area (Å²) in [6.45, 7) is 1.92. The fourth-order valence-electron chi connectivity index (χ4n) is 2.50. The van der Waals surface area contributed by atoms with E-state index < -0.39 is 16.0 Å². The summed E-state index contributed by atoms with van der Waals surface area (Å²) in [6.07, 6.45) is 3.99. The summed E-state index contributed by atoms with van der Waals surface area (Å²) in [5.74, 6) is -0.558. The number of pyridine rings is 1. The molecule has 3 aromatic rings. The highest BCUT2D eigenvalue weighted by Crippen LogP contribution is 2.28. The molecule has 2 heterocycles. The Kier molecular flexibility index (Phi) is 5.11. The maximum absolute atomic E-state index is 13.1. The largest absolute Gasteiger partial charge is 0.463 e. The third kappa shape index (κ3) is 3.49. The number of carbonyl (C=O) groups excluding carboxylic acids is 1. The van der Waals surface area contributed by atoms with Gasteiger partial charge in [-0.25, -0.2) is 13.8 Å². The van der Waals surface area contributed by atoms with E-state index in [1.807, 2.05) is 0 Å². The second kappa shape index (κ2) is 7.31. The third-order valence-corrected chi connectivity index (χ3v) is 5.46. The maximum atomic E-state index is 13.1. The molecule has 0 N–H and O–H groups in total. The molecule has 0 fully saturated rings. The summed E-state index contributed by atoms with van der Waals surface area (Å²) >= 11 is 6.02. The van der Waals surface area contributed by atoms with E-state index in [0.29, 0.717) is 21.6 Å². The van der Waals surface area contributed by atoms with Gasteiger partial charge in [-0.2, -0.15) is 8.42 Å². The molecule has 6 nitrogen and oxygen atoms in total. The highest BCUT2D eigenvalue weighted by molar-refractivity contribution is 7.90. The second-order valence-corrected chi connectivity index (χ2v) is 7.47. The number of esters is 1. The van der Waals surface area contributed by atoms with E-state index in [-0.39, 0.29) is 11.6 Å². The number of halogens is 1. The van der Waals surface area contributed by atoms with Crippen LogP contribution in [0.1, 0.15) is 12.6 Å². The van der Waals surface area contributed by atoms with Crippen LogP contribution in [0.2, 0.25) is 5.02 Å². The molecule has 134 valence electrons. The normalized spacial score (nSPS) is 11.9. The van der Waals surface area contributed by atoms with Crippen molar-refractivity contribution in [2.45, 2.75) is 11.9 Å². The van der Waals surface area contributed by atoms with Crippen LogP contribution in [-0.2, 0) is 19.6 Å². The molecule has 8 heteroatoms. The molecule has 0 spiro atoms. The van der Waals surface area contributed by atoms with Crippen LogP contribution in [0.15, 0.2) is 59.8 Å². The summed E-state index contributed by atoms with van der Waals surface area (Å²) in [4.78, 5) is 15.6. The Balaban J connectivity index is 2.22. The van der Waals surface area contributed by atoms with Gasteiger partial charge in [0.2, 0.25) is 0 Å². The zero-order valence-electron chi connectivity index (χ0n) is 13.8. The number of nitrogens with zero attached hydrogens (tertiary/aromatic N) is 2. The number of aromatic nitrogens is 2. The second-order valence-electron chi connectivity index (χ2n) is 5.30. The SMILES string of the molecule is CCOC(=O)/C=C/c1cc2cc(Cl)ccc2n1S(=O)(=O)c1ccccn1. The summed E-state index contributed by atoms with van der Waals surface area (Å²) in [7, 11) is -3.97. The highest BCUT2D eigenvalue weighted by Gasteiger charge is 2.23. The van der Waals surface area contributed by atoms with Gasteiger partial charge in [0.15, 0.2) is 5.03 Å². The Hall–Kier alpha value is -2.64. The Morgan fingerprint density at radius 1 is 1.27 bits per heavy atom. The van der Waals surface area contributed by atoms with Gasteiger partial charge in [-0.1, -0.05) is 17.7 Å². The number of hydrogen-bond acceptors (Lipinski definition) is 5. The Morgan fingerprint density at radius 3 is 2.77 bits per heavy atom. The van der Waals surface area contributed by atoms with Crippen LogP contribution in [0.3, 0.4) is 0 Å². The quantitative estimate of drug-likeness (QED) is 0.492. The van der Waals surface area contributed by atoms with Gasteiger partial charge >= 0.3 is 5.97 Å². The Bertz CT molecular complexity index is 1090. The molecule has 0 aliphatic rings. The molecule has 0 aliphatic heterocycles. The first-order valence-corrected chi connectivity index (χ1v) is 9.57. The Labute approximate surface area is 155 Å². The number of hydrogen-bond donors (Lipinski definition) is 0. The molecule has 0 atom stereocenters. The van der Waals surface area contributed by atoms with Gasteiger partial charge in [0.25, 0.3) is 10.0 Å². The zero-order chi connectivity index (χ0) is 18.7. The molecule has 1 aromatic carbocycles. The van der Waals surface area contributed by atoms with E-state index in [4.69, 9.17) is 16.3 Å². The molecule has 3 rings (SSSR count). The number of carbonyl (C=O) groups is 1. The average molecular weight is 391 g/mol. The molecule has 0 bridgehead atoms. The molecule has 0 aliphatic carbocycles. The lowest BCUT2D eigenvalue weighted by atomic mass is 10.2. The van der Waals surface area contributed by atoms with Crippen LogP contribution in [0.4, 0.5) is 0 Å². The van der Waals surface area contributed by atoms with Crippen molar-refractivity contribution >= 4 is 44.6 Å². The fourth-order valence-corrected chi connectivity index (χ4v) is 4.13. The molecular weight excluding hydrogens is 376 g/mol. The van der Waals surface area contributed by atoms with Crippen LogP contribution in [-0.4, -0.2) is 30.0 Å². The van der Waals surface area contributed by atoms with Crippen LogP contribution >= 0.6 is 11.6 Å². The van der Waals surface area contributed by atoms with Crippen molar-refractivity contribution in [1.29, 1.82) is 0 Å². The first kappa shape index (κ1) is 18.2. The van der Waals surface area contributed by atoms with Crippen molar-refractivity contribution in [1.82, 2.24) is 8.96 Å². The summed E-state index contributed by atoms with van der Waals surface area (Å²) < 4.78 is 32.2. The van der Waals surface area contributed by atoms with Gasteiger partial charge in [-0.05, 0) is 49.4 Å². The number of benzene rings is 1. The third-order valence-electron chi connectivity index (χ3n) is 3.57. The first-order valence-electron chi connectivity index (χ1n) is 7.76. The highest BCUT2D eigenvalue weighted by atomic mass is 35.5. The predicted molar refractivity (Wildman–Crippen MR) is 99.4 cm³/mol. The molecule has 26 heavy (non-hydrogen) atoms. The summed E-state index contributed by atoms with van der Waals surface area (Å²) in [6, 6.07) is 11.1. The maximum Gasteiger partial charge on any atom is 0.330 e. The van der Waals surface area contributed by atoms with E-state index in [1.54, 1.807) is 43.3 Å². The van der Waals surface area contributed by atoms with E-state index in [0.717, 1.165) is 3.97 Å². The molecule has 0 saturated heterocycles.